The number of benzene rings is 6. The molecule has 0 saturated carbocycles. The predicted octanol–water partition coefficient (Wildman–Crippen LogP) is 10.9. The van der Waals surface area contributed by atoms with Crippen LogP contribution in [0.15, 0.2) is 182 Å². The molecule has 0 radical (unpaired) electrons. The van der Waals surface area contributed by atoms with Crippen molar-refractivity contribution in [3.8, 4) is 50.6 Å². The molecule has 3 aromatic heterocycles. The van der Waals surface area contributed by atoms with E-state index in [4.69, 9.17) is 25.5 Å². The number of pyridine rings is 3. The van der Waals surface area contributed by atoms with Crippen molar-refractivity contribution in [2.75, 3.05) is 0 Å². The van der Waals surface area contributed by atoms with E-state index in [-0.39, 0.29) is 0 Å². The first-order valence-electron chi connectivity index (χ1n) is 17.1. The van der Waals surface area contributed by atoms with Crippen LogP contribution in [0.4, 0.5) is 0 Å². The second kappa shape index (κ2) is 14.1. The van der Waals surface area contributed by atoms with Gasteiger partial charge in [-0.05, 0) is 0 Å². The molecule has 52 heavy (non-hydrogen) atoms. The van der Waals surface area contributed by atoms with E-state index in [2.05, 4.69) is 72.8 Å². The molecule has 0 unspecified atom stereocenters. The van der Waals surface area contributed by atoms with Crippen molar-refractivity contribution < 1.29 is 10.6 Å². The van der Waals surface area contributed by atoms with Gasteiger partial charge in [0.15, 0.2) is 0 Å². The van der Waals surface area contributed by atoms with Gasteiger partial charge in [0.2, 0.25) is 0 Å². The van der Waals surface area contributed by atoms with Gasteiger partial charge in [-0.2, -0.15) is 0 Å². The molecule has 0 fully saturated rings. The standard InChI is InChI=1S/3C15H11NO.Ga/c3*17-14-9-8-12(11-5-2-1-3-6-11)13-7-4-10-16-15(13)14;/h3*1-10,17H;/q;;;+3/p-3. The Bertz CT molecular complexity index is 2380. The third-order valence-electron chi connectivity index (χ3n) is 9.12. The van der Waals surface area contributed by atoms with Crippen molar-refractivity contribution in [1.29, 1.82) is 0 Å². The number of aromatic nitrogens is 3. The van der Waals surface area contributed by atoms with Crippen molar-refractivity contribution in [1.82, 2.24) is 15.0 Å². The Hall–Kier alpha value is -6.41. The van der Waals surface area contributed by atoms with Crippen LogP contribution in [0.5, 0.6) is 17.2 Å². The second-order valence-electron chi connectivity index (χ2n) is 12.3. The first-order chi connectivity index (χ1) is 25.8. The van der Waals surface area contributed by atoms with Crippen LogP contribution in [0.25, 0.3) is 66.1 Å². The summed E-state index contributed by atoms with van der Waals surface area (Å²) in [7, 11) is 0. The van der Waals surface area contributed by atoms with Gasteiger partial charge in [0.1, 0.15) is 0 Å². The predicted molar refractivity (Wildman–Crippen MR) is 209 cm³/mol. The van der Waals surface area contributed by atoms with Gasteiger partial charge >= 0.3 is 309 Å². The number of nitrogens with zero attached hydrogens (tertiary/aromatic N) is 3. The maximum absolute atomic E-state index is 6.88. The van der Waals surface area contributed by atoms with Crippen LogP contribution >= 0.6 is 0 Å². The van der Waals surface area contributed by atoms with E-state index in [9.17, 15) is 0 Å². The SMILES string of the molecule is c1ccc(-c2ccc([O][Ga]([O]c3ccc(-c4ccccc4)c4cccnc34)[O]c3ccc(-c4ccccc4)c4cccnc34)c3ncccc23)cc1. The topological polar surface area (TPSA) is 66.4 Å². The van der Waals surface area contributed by atoms with E-state index in [1.807, 2.05) is 91.0 Å². The quantitative estimate of drug-likeness (QED) is 0.138. The summed E-state index contributed by atoms with van der Waals surface area (Å²) in [6, 6.07) is 55.1. The molecule has 0 atom stereocenters. The van der Waals surface area contributed by atoms with Gasteiger partial charge in [0.05, 0.1) is 0 Å². The first kappa shape index (κ1) is 31.6. The number of rotatable bonds is 9. The summed E-state index contributed by atoms with van der Waals surface area (Å²) in [5.41, 5.74) is 8.71. The molecule has 7 heteroatoms. The third-order valence-corrected chi connectivity index (χ3v) is 11.9. The molecule has 0 aliphatic rings. The number of hydrogen-bond donors (Lipinski definition) is 0. The summed E-state index contributed by atoms with van der Waals surface area (Å²) in [5.74, 6) is 1.78. The minimum atomic E-state index is -3.78. The second-order valence-corrected chi connectivity index (χ2v) is 15.0. The van der Waals surface area contributed by atoms with Crippen LogP contribution < -0.4 is 10.6 Å². The normalized spacial score (nSPS) is 11.1. The molecule has 3 heterocycles. The molecule has 6 aromatic carbocycles. The Labute approximate surface area is 307 Å². The van der Waals surface area contributed by atoms with Gasteiger partial charge in [-0.3, -0.25) is 0 Å². The van der Waals surface area contributed by atoms with Gasteiger partial charge in [-0.1, -0.05) is 0 Å². The molecule has 0 aliphatic heterocycles. The van der Waals surface area contributed by atoms with Gasteiger partial charge in [-0.25, -0.2) is 0 Å². The molecule has 0 aliphatic carbocycles. The molecule has 9 aromatic rings. The Morgan fingerprint density at radius 1 is 0.308 bits per heavy atom. The average molecular weight is 730 g/mol. The van der Waals surface area contributed by atoms with Crippen LogP contribution in [-0.4, -0.2) is 32.3 Å². The number of hydrogen-bond acceptors (Lipinski definition) is 6. The van der Waals surface area contributed by atoms with Gasteiger partial charge in [0, 0.05) is 0 Å². The molecule has 246 valence electrons. The fraction of sp³-hybridized carbons (Fsp3) is 0. The Morgan fingerprint density at radius 3 is 0.923 bits per heavy atom. The van der Waals surface area contributed by atoms with Crippen LogP contribution in [0, 0.1) is 0 Å². The van der Waals surface area contributed by atoms with Crippen molar-refractivity contribution >= 4 is 50.0 Å². The van der Waals surface area contributed by atoms with E-state index in [0.717, 1.165) is 66.1 Å². The summed E-state index contributed by atoms with van der Waals surface area (Å²) in [5, 5.41) is 2.93. The van der Waals surface area contributed by atoms with E-state index < -0.39 is 17.3 Å². The molecule has 0 amide bonds. The minimum absolute atomic E-state index is 0.594. The Kier molecular flexibility index (Phi) is 8.54. The van der Waals surface area contributed by atoms with Crippen molar-refractivity contribution in [3.63, 3.8) is 0 Å². The number of fused-ring (bicyclic) bond motifs is 3. The monoisotopic (exact) mass is 729 g/mol. The van der Waals surface area contributed by atoms with Gasteiger partial charge in [0.25, 0.3) is 0 Å². The maximum atomic E-state index is 6.88. The molecule has 6 nitrogen and oxygen atoms in total. The van der Waals surface area contributed by atoms with E-state index in [0.29, 0.717) is 17.2 Å². The zero-order valence-corrected chi connectivity index (χ0v) is 30.4. The molecule has 0 saturated heterocycles. The fourth-order valence-electron chi connectivity index (χ4n) is 6.72. The summed E-state index contributed by atoms with van der Waals surface area (Å²) < 4.78 is 20.6. The Morgan fingerprint density at radius 2 is 0.615 bits per heavy atom. The zero-order valence-electron chi connectivity index (χ0n) is 28.0. The van der Waals surface area contributed by atoms with E-state index >= 15 is 0 Å². The molecule has 0 bridgehead atoms. The van der Waals surface area contributed by atoms with Gasteiger partial charge in [-0.15, -0.1) is 0 Å². The van der Waals surface area contributed by atoms with E-state index in [1.165, 1.54) is 0 Å². The molecular weight excluding hydrogens is 700 g/mol. The van der Waals surface area contributed by atoms with Crippen LogP contribution in [0.3, 0.4) is 0 Å². The first-order valence-corrected chi connectivity index (χ1v) is 20.1. The van der Waals surface area contributed by atoms with Crippen LogP contribution in [-0.2, 0) is 0 Å². The zero-order chi connectivity index (χ0) is 34.7. The molecule has 9 rings (SSSR count). The van der Waals surface area contributed by atoms with Crippen LogP contribution in [0.1, 0.15) is 0 Å². The molecule has 0 spiro atoms. The van der Waals surface area contributed by atoms with Crippen molar-refractivity contribution in [3.05, 3.63) is 182 Å². The summed E-state index contributed by atoms with van der Waals surface area (Å²) in [6.45, 7) is 0. The average Bonchev–Trinajstić information content (AvgIpc) is 3.22. The van der Waals surface area contributed by atoms with Crippen molar-refractivity contribution in [2.24, 2.45) is 0 Å². The van der Waals surface area contributed by atoms with Crippen molar-refractivity contribution in [2.45, 2.75) is 0 Å². The summed E-state index contributed by atoms with van der Waals surface area (Å²) >= 11 is -3.78. The van der Waals surface area contributed by atoms with E-state index in [1.54, 1.807) is 18.6 Å². The van der Waals surface area contributed by atoms with Gasteiger partial charge < -0.3 is 0 Å². The third kappa shape index (κ3) is 6.13. The summed E-state index contributed by atoms with van der Waals surface area (Å²) in [6.07, 6.45) is 5.35. The summed E-state index contributed by atoms with van der Waals surface area (Å²) in [4.78, 5) is 14.4. The van der Waals surface area contributed by atoms with Crippen LogP contribution in [0.2, 0.25) is 0 Å². The Balaban J connectivity index is 1.16. The fourth-order valence-corrected chi connectivity index (χ4v) is 9.52. The molecule has 0 N–H and O–H groups in total. The molecular formula is C45H30GaN3O3.